The number of nitriles is 1. The highest BCUT2D eigenvalue weighted by Gasteiger charge is 2.39. The van der Waals surface area contributed by atoms with Crippen molar-refractivity contribution in [2.45, 2.75) is 87.6 Å². The van der Waals surface area contributed by atoms with Crippen LogP contribution in [0.2, 0.25) is 30.1 Å². The third kappa shape index (κ3) is 28.8. The van der Waals surface area contributed by atoms with E-state index in [1.54, 1.807) is 95.6 Å². The molecule has 5 aliphatic heterocycles. The summed E-state index contributed by atoms with van der Waals surface area (Å²) >= 11 is 46.8. The second-order valence-corrected chi connectivity index (χ2v) is 50.4. The quantitative estimate of drug-likeness (QED) is 0.0375. The summed E-state index contributed by atoms with van der Waals surface area (Å²) < 4.78 is 150. The molecular weight excluding hydrogens is 2150 g/mol. The van der Waals surface area contributed by atoms with Crippen molar-refractivity contribution < 1.29 is 81.2 Å². The predicted molar refractivity (Wildman–Crippen MR) is 544 cm³/mol. The molecule has 33 nitrogen and oxygen atoms in total. The van der Waals surface area contributed by atoms with Gasteiger partial charge in [-0.3, -0.25) is 45.3 Å². The zero-order chi connectivity index (χ0) is 100. The Morgan fingerprint density at radius 1 is 0.391 bits per heavy atom. The molecule has 0 amide bonds. The van der Waals surface area contributed by atoms with Gasteiger partial charge in [-0.15, -0.1) is 0 Å². The molecule has 0 aromatic heterocycles. The summed E-state index contributed by atoms with van der Waals surface area (Å²) in [6, 6.07) is 46.4. The van der Waals surface area contributed by atoms with Gasteiger partial charge in [-0.1, -0.05) is 129 Å². The largest absolute Gasteiger partial charge is 0.456 e. The molecule has 10 aromatic rings. The van der Waals surface area contributed by atoms with Crippen LogP contribution in [-0.4, -0.2) is 225 Å². The van der Waals surface area contributed by atoms with E-state index in [9.17, 15) is 92.6 Å². The van der Waals surface area contributed by atoms with Gasteiger partial charge in [-0.05, 0) is 153 Å². The summed E-state index contributed by atoms with van der Waals surface area (Å²) in [4.78, 5) is 56.9. The molecule has 2 N–H and O–H groups in total. The Kier molecular flexibility index (Phi) is 40.0. The fourth-order valence-electron chi connectivity index (χ4n) is 13.5. The van der Waals surface area contributed by atoms with Gasteiger partial charge >= 0.3 is 0 Å². The third-order valence-electron chi connectivity index (χ3n) is 20.7. The minimum Gasteiger partial charge on any atom is -0.456 e. The van der Waals surface area contributed by atoms with Gasteiger partial charge in [0.05, 0.1) is 57.3 Å². The zero-order valence-electron chi connectivity index (χ0n) is 73.2. The van der Waals surface area contributed by atoms with Crippen LogP contribution in [0, 0.1) is 79.5 Å². The monoisotopic (exact) mass is 2230 g/mol. The van der Waals surface area contributed by atoms with Gasteiger partial charge in [0.25, 0.3) is 22.7 Å². The molecule has 0 bridgehead atoms. The van der Waals surface area contributed by atoms with Crippen LogP contribution in [0.1, 0.15) is 27.8 Å². The number of hydrogen-bond acceptors (Lipinski definition) is 31. The number of rotatable bonds is 26. The standard InChI is InChI=1S/C19H17Cl2N3O4S2.C18H20N2O5S2.C18H20N2O4S3.C16H14Cl2N2O5S2.C16H14Cl2N2O4S3/c20-13-2-3-14(21)18(8-13)29-17-4-1-12(9-22)7-19(17)30(27,28)24-6-5-23-15(10-24)16(26)11-25;1-13-3-4-14(2)17(11-13)25-16-6-5-15(20(21)22)12-18(16)27(23,24)19-7-9-26-10-8-19;1-13-3-4-14(2)17(11-13)26-16-6-5-15(20(21)22)12-18(16)27(23,24)19-7-9-25-10-8-19;17-11-1-3-13(18)15(9-11)25-14-4-2-12(20(21)22)10-16(14)27(23,24)19-5-7-26-8-6-19;17-11-1-3-13(18)15(9-11)26-14-4-2-12(20(21)22)10-16(14)27(23,24)19-5-7-25-8-6-19/h1-4,7-8,15,23,25H,5-6,10-11H2;2*3-6,11-12H,7-10H2,1-2H3;2*1-4,9-10H,5-8H2. The summed E-state index contributed by atoms with van der Waals surface area (Å²) in [5, 5.41) is 68.3. The van der Waals surface area contributed by atoms with E-state index in [4.69, 9.17) is 84.2 Å². The van der Waals surface area contributed by atoms with Crippen LogP contribution in [0.3, 0.4) is 0 Å². The van der Waals surface area contributed by atoms with E-state index >= 15 is 0 Å². The van der Waals surface area contributed by atoms with E-state index < -0.39 is 88.2 Å². The summed E-state index contributed by atoms with van der Waals surface area (Å²) in [6.07, 6.45) is 0. The molecule has 734 valence electrons. The molecule has 5 fully saturated rings. The fraction of sp³-hybridized carbons (Fsp3) is 0.287. The number of nitro groups is 4. The minimum atomic E-state index is -4.03. The van der Waals surface area contributed by atoms with Crippen molar-refractivity contribution in [2.75, 3.05) is 125 Å². The molecule has 15 rings (SSSR count). The lowest BCUT2D eigenvalue weighted by Gasteiger charge is -2.32. The molecule has 10 aromatic carbocycles. The van der Waals surface area contributed by atoms with Gasteiger partial charge in [0.2, 0.25) is 50.1 Å². The molecule has 0 saturated carbocycles. The van der Waals surface area contributed by atoms with Crippen LogP contribution in [0.25, 0.3) is 0 Å². The lowest BCUT2D eigenvalue weighted by Crippen LogP contribution is -2.56. The third-order valence-corrected chi connectivity index (χ3v) is 39.9. The minimum absolute atomic E-state index is 0.00880. The number of carbonyl (C=O) groups is 1. The van der Waals surface area contributed by atoms with E-state index in [0.717, 1.165) is 80.4 Å². The number of aryl methyl sites for hydroxylation is 4. The molecular formula is C87H85Cl6N11O22S12. The maximum absolute atomic E-state index is 13.4. The smallest absolute Gasteiger partial charge is 0.271 e. The highest BCUT2D eigenvalue weighted by Crippen LogP contribution is 2.46. The van der Waals surface area contributed by atoms with E-state index in [1.165, 1.54) is 112 Å². The molecule has 0 aliphatic carbocycles. The predicted octanol–water partition coefficient (Wildman–Crippen LogP) is 19.6. The number of aliphatic hydroxyl groups is 1. The molecule has 1 atom stereocenters. The number of nitrogens with zero attached hydrogens (tertiary/aromatic N) is 10. The normalized spacial score (nSPS) is 16.0. The molecule has 5 heterocycles. The number of aliphatic hydroxyl groups excluding tert-OH is 1. The van der Waals surface area contributed by atoms with Crippen molar-refractivity contribution in [3.05, 3.63) is 280 Å². The van der Waals surface area contributed by atoms with E-state index in [0.29, 0.717) is 142 Å². The first kappa shape index (κ1) is 111. The van der Waals surface area contributed by atoms with Gasteiger partial charge in [0.1, 0.15) is 49.2 Å². The second kappa shape index (κ2) is 50.0. The number of Topliss-reactive ketones (excluding diaryl/α,β-unsaturated/α-hetero) is 1. The van der Waals surface area contributed by atoms with Crippen LogP contribution in [0.4, 0.5) is 22.7 Å². The maximum atomic E-state index is 13.4. The van der Waals surface area contributed by atoms with Crippen molar-refractivity contribution in [1.82, 2.24) is 26.8 Å². The highest BCUT2D eigenvalue weighted by molar-refractivity contribution is 8.02. The molecule has 0 radical (unpaired) electrons. The number of ether oxygens (including phenoxy) is 2. The molecule has 5 aliphatic rings. The Hall–Kier alpha value is -7.78. The Balaban J connectivity index is 0.000000165. The number of piperazine rings is 1. The number of sulfonamides is 5. The number of carbonyl (C=O) groups excluding carboxylic acids is 1. The van der Waals surface area contributed by atoms with Gasteiger partial charge in [-0.2, -0.15) is 73.8 Å². The number of nitrogens with one attached hydrogen (secondary N) is 1. The topological polar surface area (TPSA) is 451 Å². The van der Waals surface area contributed by atoms with Crippen molar-refractivity contribution in [2.24, 2.45) is 0 Å². The van der Waals surface area contributed by atoms with Gasteiger partial charge in [-0.25, -0.2) is 42.1 Å². The number of ketones is 1. The first-order valence-electron chi connectivity index (χ1n) is 41.2. The van der Waals surface area contributed by atoms with Crippen molar-refractivity contribution in [3.63, 3.8) is 0 Å². The highest BCUT2D eigenvalue weighted by atomic mass is 35.5. The first-order chi connectivity index (χ1) is 65.4. The average molecular weight is 2230 g/mol. The Morgan fingerprint density at radius 2 is 0.732 bits per heavy atom. The molecule has 138 heavy (non-hydrogen) atoms. The van der Waals surface area contributed by atoms with Gasteiger partial charge in [0, 0.05) is 217 Å². The van der Waals surface area contributed by atoms with Crippen LogP contribution < -0.4 is 14.8 Å². The van der Waals surface area contributed by atoms with Crippen molar-refractivity contribution >= 4 is 231 Å². The number of halogens is 6. The van der Waals surface area contributed by atoms with Gasteiger partial charge < -0.3 is 19.9 Å². The van der Waals surface area contributed by atoms with Crippen LogP contribution >= 0.6 is 152 Å². The zero-order valence-corrected chi connectivity index (χ0v) is 87.5. The summed E-state index contributed by atoms with van der Waals surface area (Å²) in [6.45, 7) is 10.3. The fourth-order valence-corrected chi connectivity index (χ4v) is 31.1. The lowest BCUT2D eigenvalue weighted by atomic mass is 10.1. The Morgan fingerprint density at radius 3 is 1.14 bits per heavy atom. The van der Waals surface area contributed by atoms with Crippen LogP contribution in [-0.2, 0) is 54.9 Å². The number of thioether (sulfide) groups is 4. The maximum Gasteiger partial charge on any atom is 0.271 e. The Labute approximate surface area is 857 Å². The number of non-ortho nitro benzene ring substituents is 4. The summed E-state index contributed by atoms with van der Waals surface area (Å²) in [5.74, 6) is 5.78. The number of hydrogen-bond donors (Lipinski definition) is 2. The second-order valence-electron chi connectivity index (χ2n) is 30.2. The Bertz CT molecular complexity index is 6270. The first-order valence-corrected chi connectivity index (χ1v) is 57.7. The van der Waals surface area contributed by atoms with Gasteiger partial charge in [0.15, 0.2) is 5.78 Å². The van der Waals surface area contributed by atoms with E-state index in [-0.39, 0.29) is 94.7 Å². The summed E-state index contributed by atoms with van der Waals surface area (Å²) in [7, 11) is -19.6. The van der Waals surface area contributed by atoms with Crippen molar-refractivity contribution in [3.8, 4) is 29.1 Å². The summed E-state index contributed by atoms with van der Waals surface area (Å²) in [5.41, 5.74) is 2.98. The van der Waals surface area contributed by atoms with E-state index in [2.05, 4.69) is 5.32 Å². The molecule has 1 unspecified atom stereocenters. The lowest BCUT2D eigenvalue weighted by molar-refractivity contribution is -0.385. The molecule has 0 spiro atoms. The average Bonchev–Trinajstić information content (AvgIpc) is 0.801. The van der Waals surface area contributed by atoms with E-state index in [1.807, 2.05) is 70.2 Å². The SMILES string of the molecule is Cc1ccc(C)c(Oc2ccc([N+](=O)[O-])cc2S(=O)(=O)N2CCSCC2)c1.Cc1ccc(C)c(Sc2ccc([N+](=O)[O-])cc2S(=O)(=O)N2CCSCC2)c1.N#Cc1ccc(Sc2cc(Cl)ccc2Cl)c(S(=O)(=O)N2CCNC(C(=O)CO)C2)c1.O=[N+]([O-])c1ccc(Oc2cc(Cl)ccc2Cl)c(S(=O)(=O)N2CCSCC2)c1.O=[N+]([O-])c1ccc(Sc2cc(Cl)ccc2Cl)c(S(=O)(=O)N2CCSCC2)c1. The number of benzene rings is 10. The number of nitro benzene ring substituents is 4. The molecule has 5 saturated heterocycles. The van der Waals surface area contributed by atoms with Crippen molar-refractivity contribution in [1.29, 1.82) is 5.26 Å². The molecule has 51 heteroatoms. The van der Waals surface area contributed by atoms with Crippen LogP contribution in [0.5, 0.6) is 23.0 Å². The van der Waals surface area contributed by atoms with Crippen LogP contribution in [0.15, 0.2) is 236 Å².